The first-order valence-electron chi connectivity index (χ1n) is 12.4. The third-order valence-corrected chi connectivity index (χ3v) is 6.78. The van der Waals surface area contributed by atoms with Gasteiger partial charge >= 0.3 is 0 Å². The normalized spacial score (nSPS) is 15.0. The molecule has 0 spiro atoms. The molecule has 1 aromatic rings. The zero-order valence-electron chi connectivity index (χ0n) is 22.2. The Labute approximate surface area is 223 Å². The number of likely N-dealkylation sites (N-methyl/N-ethyl adjacent to an activating group) is 2. The molecule has 3 amide bonds. The van der Waals surface area contributed by atoms with E-state index in [0.29, 0.717) is 36.8 Å². The van der Waals surface area contributed by atoms with E-state index in [4.69, 9.17) is 5.73 Å². The quantitative estimate of drug-likeness (QED) is 0.0843. The number of amides is 3. The van der Waals surface area contributed by atoms with E-state index < -0.39 is 5.91 Å². The Balaban J connectivity index is 1.94. The first-order valence-corrected chi connectivity index (χ1v) is 13.3. The van der Waals surface area contributed by atoms with E-state index in [1.807, 2.05) is 0 Å². The van der Waals surface area contributed by atoms with Gasteiger partial charge in [0, 0.05) is 89.0 Å². The number of carbonyl (C=O) groups excluding carboxylic acids is 3. The van der Waals surface area contributed by atoms with Crippen LogP contribution in [-0.4, -0.2) is 98.9 Å². The first kappa shape index (κ1) is 30.4. The van der Waals surface area contributed by atoms with Crippen LogP contribution in [0.3, 0.4) is 0 Å². The monoisotopic (exact) mass is 535 g/mol. The summed E-state index contributed by atoms with van der Waals surface area (Å²) < 4.78 is 3.13. The zero-order chi connectivity index (χ0) is 27.2. The van der Waals surface area contributed by atoms with Gasteiger partial charge in [-0.3, -0.25) is 19.8 Å². The Kier molecular flexibility index (Phi) is 13.2. The maximum atomic E-state index is 12.5. The number of anilines is 2. The van der Waals surface area contributed by atoms with Gasteiger partial charge in [0.25, 0.3) is 5.91 Å². The highest BCUT2D eigenvalue weighted by Gasteiger charge is 2.21. The van der Waals surface area contributed by atoms with E-state index >= 15 is 0 Å². The Morgan fingerprint density at radius 3 is 2.30 bits per heavy atom. The Hall–Kier alpha value is -2.84. The summed E-state index contributed by atoms with van der Waals surface area (Å²) in [6.45, 7) is 9.50. The molecular weight excluding hydrogens is 494 g/mol. The lowest BCUT2D eigenvalue weighted by atomic mass is 10.2. The van der Waals surface area contributed by atoms with Gasteiger partial charge in [-0.1, -0.05) is 0 Å². The number of carbonyl (C=O) groups is 3. The summed E-state index contributed by atoms with van der Waals surface area (Å²) in [5.74, 6) is -0.795. The van der Waals surface area contributed by atoms with Crippen LogP contribution in [0.1, 0.15) is 20.3 Å². The summed E-state index contributed by atoms with van der Waals surface area (Å²) in [5.41, 5.74) is 12.8. The van der Waals surface area contributed by atoms with Crippen molar-refractivity contribution in [3.8, 4) is 0 Å². The molecule has 1 aromatic carbocycles. The maximum Gasteiger partial charge on any atom is 0.284 e. The highest BCUT2D eigenvalue weighted by atomic mass is 32.2. The highest BCUT2D eigenvalue weighted by molar-refractivity contribution is 8.04. The van der Waals surface area contributed by atoms with Gasteiger partial charge in [-0.2, -0.15) is 0 Å². The van der Waals surface area contributed by atoms with Gasteiger partial charge in [0.1, 0.15) is 10.7 Å². The molecule has 1 fully saturated rings. The summed E-state index contributed by atoms with van der Waals surface area (Å²) in [7, 11) is 3.92. The molecule has 0 aromatic heterocycles. The lowest BCUT2D eigenvalue weighted by Gasteiger charge is -2.32. The predicted octanol–water partition coefficient (Wildman–Crippen LogP) is 0.159. The van der Waals surface area contributed by atoms with E-state index in [0.717, 1.165) is 50.4 Å². The van der Waals surface area contributed by atoms with Crippen LogP contribution in [0.15, 0.2) is 35.0 Å². The molecule has 12 nitrogen and oxygen atoms in total. The standard InChI is InChI=1S/C24H41N9O3S/c1-5-33(18(2)34)24(22(25)23(36)29-27-12-11-26-3)37-30-20-8-6-19(7-9-20)28-21(35)10-13-32-16-14-31(4)15-17-32/h6-9,26-27,30H,5,10-17,25H2,1-4H3,(H,28,35)(H,29,36)/b24-22+. The number of nitrogens with one attached hydrogen (secondary N) is 5. The van der Waals surface area contributed by atoms with Crippen molar-refractivity contribution in [3.05, 3.63) is 35.0 Å². The number of hydrogen-bond acceptors (Lipinski definition) is 10. The van der Waals surface area contributed by atoms with Crippen LogP contribution >= 0.6 is 11.9 Å². The summed E-state index contributed by atoms with van der Waals surface area (Å²) in [6, 6.07) is 7.20. The van der Waals surface area contributed by atoms with Crippen molar-refractivity contribution >= 4 is 41.0 Å². The number of nitrogens with two attached hydrogens (primary N) is 1. The van der Waals surface area contributed by atoms with Crippen LogP contribution in [-0.2, 0) is 14.4 Å². The second kappa shape index (κ2) is 16.1. The van der Waals surface area contributed by atoms with E-state index in [2.05, 4.69) is 43.1 Å². The maximum absolute atomic E-state index is 12.5. The van der Waals surface area contributed by atoms with Crippen molar-refractivity contribution in [1.82, 2.24) is 30.9 Å². The molecule has 0 unspecified atom stereocenters. The van der Waals surface area contributed by atoms with Crippen molar-refractivity contribution in [2.24, 2.45) is 5.73 Å². The molecule has 2 rings (SSSR count). The molecule has 1 aliphatic heterocycles. The van der Waals surface area contributed by atoms with Crippen molar-refractivity contribution in [1.29, 1.82) is 0 Å². The minimum Gasteiger partial charge on any atom is -0.392 e. The third-order valence-electron chi connectivity index (χ3n) is 5.80. The zero-order valence-corrected chi connectivity index (χ0v) is 23.0. The number of hydrogen-bond donors (Lipinski definition) is 6. The van der Waals surface area contributed by atoms with Crippen molar-refractivity contribution in [3.63, 3.8) is 0 Å². The molecule has 1 heterocycles. The fourth-order valence-corrected chi connectivity index (χ4v) is 4.46. The number of piperazine rings is 1. The largest absolute Gasteiger partial charge is 0.392 e. The number of rotatable bonds is 14. The molecule has 0 radical (unpaired) electrons. The average molecular weight is 536 g/mol. The molecular formula is C24H41N9O3S. The van der Waals surface area contributed by atoms with Crippen LogP contribution in [0.25, 0.3) is 0 Å². The van der Waals surface area contributed by atoms with E-state index in [-0.39, 0.29) is 17.5 Å². The van der Waals surface area contributed by atoms with Gasteiger partial charge in [-0.25, -0.2) is 5.43 Å². The number of benzene rings is 1. The molecule has 0 aliphatic carbocycles. The lowest BCUT2D eigenvalue weighted by Crippen LogP contribution is -2.45. The lowest BCUT2D eigenvalue weighted by molar-refractivity contribution is -0.126. The minimum atomic E-state index is -0.533. The fraction of sp³-hybridized carbons (Fsp3) is 0.542. The molecule has 7 N–H and O–H groups in total. The smallest absolute Gasteiger partial charge is 0.284 e. The third kappa shape index (κ3) is 10.6. The van der Waals surface area contributed by atoms with Gasteiger partial charge in [0.2, 0.25) is 11.8 Å². The van der Waals surface area contributed by atoms with Crippen LogP contribution in [0.2, 0.25) is 0 Å². The summed E-state index contributed by atoms with van der Waals surface area (Å²) in [5, 5.41) is 6.18. The Bertz CT molecular complexity index is 919. The molecule has 0 saturated carbocycles. The van der Waals surface area contributed by atoms with Gasteiger partial charge < -0.3 is 35.8 Å². The van der Waals surface area contributed by atoms with Crippen LogP contribution in [0, 0.1) is 0 Å². The van der Waals surface area contributed by atoms with E-state index in [9.17, 15) is 14.4 Å². The van der Waals surface area contributed by atoms with Crippen molar-refractivity contribution in [2.75, 3.05) is 76.5 Å². The second-order valence-corrected chi connectivity index (χ2v) is 9.49. The molecule has 206 valence electrons. The average Bonchev–Trinajstić information content (AvgIpc) is 2.88. The summed E-state index contributed by atoms with van der Waals surface area (Å²) in [4.78, 5) is 43.1. The van der Waals surface area contributed by atoms with Crippen LogP contribution in [0.5, 0.6) is 0 Å². The molecule has 37 heavy (non-hydrogen) atoms. The molecule has 13 heteroatoms. The molecule has 1 saturated heterocycles. The molecule has 1 aliphatic rings. The van der Waals surface area contributed by atoms with E-state index in [1.165, 1.54) is 11.8 Å². The SMILES string of the molecule is CCN(C(C)=O)/C(SNc1ccc(NC(=O)CCN2CCN(C)CC2)cc1)=C(\N)C(=O)NNCCNC. The Morgan fingerprint density at radius 1 is 1.05 bits per heavy atom. The van der Waals surface area contributed by atoms with Crippen molar-refractivity contribution in [2.45, 2.75) is 20.3 Å². The predicted molar refractivity (Wildman–Crippen MR) is 149 cm³/mol. The van der Waals surface area contributed by atoms with Gasteiger partial charge in [0.15, 0.2) is 0 Å². The van der Waals surface area contributed by atoms with Gasteiger partial charge in [0.05, 0.1) is 0 Å². The molecule has 0 bridgehead atoms. The number of hydrazine groups is 1. The van der Waals surface area contributed by atoms with Crippen LogP contribution < -0.4 is 31.9 Å². The highest BCUT2D eigenvalue weighted by Crippen LogP contribution is 2.26. The van der Waals surface area contributed by atoms with Crippen molar-refractivity contribution < 1.29 is 14.4 Å². The van der Waals surface area contributed by atoms with E-state index in [1.54, 1.807) is 38.2 Å². The minimum absolute atomic E-state index is 0.0265. The fourth-order valence-electron chi connectivity index (χ4n) is 3.54. The summed E-state index contributed by atoms with van der Waals surface area (Å²) >= 11 is 1.07. The Morgan fingerprint density at radius 2 is 1.70 bits per heavy atom. The van der Waals surface area contributed by atoms with Gasteiger partial charge in [-0.05, 0) is 45.3 Å². The summed E-state index contributed by atoms with van der Waals surface area (Å²) in [6.07, 6.45) is 0.441. The van der Waals surface area contributed by atoms with Crippen LogP contribution in [0.4, 0.5) is 11.4 Å². The number of nitrogens with zero attached hydrogens (tertiary/aromatic N) is 3. The molecule has 0 atom stereocenters. The second-order valence-electron chi connectivity index (χ2n) is 8.69. The first-order chi connectivity index (χ1) is 17.7. The topological polar surface area (TPSA) is 147 Å². The van der Waals surface area contributed by atoms with Gasteiger partial charge in [-0.15, -0.1) is 0 Å².